The van der Waals surface area contributed by atoms with Gasteiger partial charge in [0.25, 0.3) is 0 Å². The fraction of sp³-hybridized carbons (Fsp3) is 0.290. The molecule has 3 aromatic carbocycles. The zero-order chi connectivity index (χ0) is 24.0. The Kier molecular flexibility index (Phi) is 4.24. The molecule has 3 nitrogen and oxygen atoms in total. The Morgan fingerprint density at radius 1 is 0.743 bits per heavy atom. The van der Waals surface area contributed by atoms with Crippen LogP contribution in [0.3, 0.4) is 0 Å². The van der Waals surface area contributed by atoms with Crippen LogP contribution in [0.25, 0.3) is 5.57 Å². The molecule has 0 saturated carbocycles. The highest BCUT2D eigenvalue weighted by atomic mass is 16.7. The van der Waals surface area contributed by atoms with Gasteiger partial charge in [-0.05, 0) is 68.9 Å². The topological polar surface area (TPSA) is 27.7 Å². The second-order valence-electron chi connectivity index (χ2n) is 11.0. The monoisotopic (exact) mass is 460 g/mol. The van der Waals surface area contributed by atoms with Gasteiger partial charge >= 0.3 is 7.12 Å². The normalized spacial score (nSPS) is 24.6. The van der Waals surface area contributed by atoms with E-state index in [1.54, 1.807) is 0 Å². The second kappa shape index (κ2) is 6.99. The first kappa shape index (κ1) is 21.2. The summed E-state index contributed by atoms with van der Waals surface area (Å²) in [5, 5.41) is 0. The Balaban J connectivity index is 1.54. The molecule has 35 heavy (non-hydrogen) atoms. The lowest BCUT2D eigenvalue weighted by atomic mass is 9.62. The van der Waals surface area contributed by atoms with Gasteiger partial charge in [0.15, 0.2) is 0 Å². The number of ether oxygens (including phenoxy) is 1. The van der Waals surface area contributed by atoms with E-state index in [1.807, 2.05) is 0 Å². The van der Waals surface area contributed by atoms with Crippen molar-refractivity contribution in [1.29, 1.82) is 0 Å². The van der Waals surface area contributed by atoms with E-state index in [1.165, 1.54) is 33.4 Å². The lowest BCUT2D eigenvalue weighted by Gasteiger charge is -2.41. The molecule has 174 valence electrons. The van der Waals surface area contributed by atoms with E-state index in [0.717, 1.165) is 29.8 Å². The first-order valence-corrected chi connectivity index (χ1v) is 12.6. The Morgan fingerprint density at radius 2 is 1.43 bits per heavy atom. The fourth-order valence-corrected chi connectivity index (χ4v) is 6.37. The van der Waals surface area contributed by atoms with E-state index in [4.69, 9.17) is 14.0 Å². The number of rotatable bonds is 1. The van der Waals surface area contributed by atoms with Crippen LogP contribution < -0.4 is 10.2 Å². The van der Waals surface area contributed by atoms with Crippen LogP contribution in [-0.4, -0.2) is 18.3 Å². The lowest BCUT2D eigenvalue weighted by Crippen LogP contribution is -2.41. The van der Waals surface area contributed by atoms with Crippen LogP contribution in [0.1, 0.15) is 62.8 Å². The average Bonchev–Trinajstić information content (AvgIpc) is 3.27. The maximum Gasteiger partial charge on any atom is 0.498 e. The highest BCUT2D eigenvalue weighted by Gasteiger charge is 2.56. The molecule has 1 spiro atoms. The van der Waals surface area contributed by atoms with E-state index >= 15 is 0 Å². The highest BCUT2D eigenvalue weighted by molar-refractivity contribution is 6.63. The molecule has 1 unspecified atom stereocenters. The Hall–Kier alpha value is -3.08. The minimum atomic E-state index is -0.492. The van der Waals surface area contributed by atoms with Gasteiger partial charge in [-0.15, -0.1) is 0 Å². The second-order valence-corrected chi connectivity index (χ2v) is 11.0. The van der Waals surface area contributed by atoms with Gasteiger partial charge < -0.3 is 14.0 Å². The standard InChI is InChI=1S/C31H29BO3/c1-29(2)30(3,4)35-32(34-29)26-18-11-17-25-28(26)33-27-19-10-9-16-24(27)31(25)22-14-7-5-12-20(22)21-13-6-8-15-23(21)31/h5-7,9-14,16-19H,8,15H2,1-4H3. The average molecular weight is 460 g/mol. The van der Waals surface area contributed by atoms with Crippen LogP contribution in [-0.2, 0) is 14.7 Å². The number of hydrogen-bond acceptors (Lipinski definition) is 3. The van der Waals surface area contributed by atoms with Crippen molar-refractivity contribution in [3.8, 4) is 11.5 Å². The van der Waals surface area contributed by atoms with Crippen molar-refractivity contribution >= 4 is 18.2 Å². The predicted molar refractivity (Wildman–Crippen MR) is 140 cm³/mol. The van der Waals surface area contributed by atoms with Gasteiger partial charge in [0.1, 0.15) is 11.5 Å². The molecule has 1 atom stereocenters. The first-order chi connectivity index (χ1) is 16.8. The van der Waals surface area contributed by atoms with Crippen molar-refractivity contribution in [2.45, 2.75) is 57.2 Å². The molecule has 0 bridgehead atoms. The van der Waals surface area contributed by atoms with Gasteiger partial charge in [-0.2, -0.15) is 0 Å². The minimum absolute atomic E-state index is 0.388. The van der Waals surface area contributed by atoms with Crippen molar-refractivity contribution in [2.24, 2.45) is 0 Å². The SMILES string of the molecule is CC1(C)OB(c2cccc3c2Oc2ccccc2C32C3=C(C=CCC3)c3ccccc32)OC1(C)C. The molecule has 1 saturated heterocycles. The summed E-state index contributed by atoms with van der Waals surface area (Å²) in [7, 11) is -0.492. The summed E-state index contributed by atoms with van der Waals surface area (Å²) in [6.45, 7) is 8.38. The van der Waals surface area contributed by atoms with E-state index in [-0.39, 0.29) is 5.41 Å². The van der Waals surface area contributed by atoms with Gasteiger partial charge in [0.2, 0.25) is 0 Å². The molecule has 4 aliphatic rings. The summed E-state index contributed by atoms with van der Waals surface area (Å²) in [4.78, 5) is 0. The molecule has 3 aromatic rings. The Morgan fingerprint density at radius 3 is 2.23 bits per heavy atom. The van der Waals surface area contributed by atoms with Crippen molar-refractivity contribution in [3.05, 3.63) is 107 Å². The highest BCUT2D eigenvalue weighted by Crippen LogP contribution is 2.62. The smallest absolute Gasteiger partial charge is 0.457 e. The zero-order valence-electron chi connectivity index (χ0n) is 20.7. The van der Waals surface area contributed by atoms with Crippen LogP contribution >= 0.6 is 0 Å². The largest absolute Gasteiger partial charge is 0.498 e. The molecule has 0 amide bonds. The maximum atomic E-state index is 6.74. The summed E-state index contributed by atoms with van der Waals surface area (Å²) in [6, 6.07) is 23.9. The summed E-state index contributed by atoms with van der Waals surface area (Å²) >= 11 is 0. The fourth-order valence-electron chi connectivity index (χ4n) is 6.37. The third-order valence-corrected chi connectivity index (χ3v) is 8.70. The first-order valence-electron chi connectivity index (χ1n) is 12.6. The van der Waals surface area contributed by atoms with Gasteiger partial charge in [0.05, 0.1) is 16.6 Å². The molecule has 1 fully saturated rings. The van der Waals surface area contributed by atoms with E-state index in [9.17, 15) is 0 Å². The summed E-state index contributed by atoms with van der Waals surface area (Å²) in [5.74, 6) is 1.77. The Bertz CT molecular complexity index is 1430. The predicted octanol–water partition coefficient (Wildman–Crippen LogP) is 6.54. The summed E-state index contributed by atoms with van der Waals surface area (Å²) in [6.07, 6.45) is 6.70. The molecular formula is C31H29BO3. The van der Waals surface area contributed by atoms with E-state index < -0.39 is 18.3 Å². The lowest BCUT2D eigenvalue weighted by molar-refractivity contribution is 0.00578. The molecule has 2 aliphatic carbocycles. The van der Waals surface area contributed by atoms with Crippen molar-refractivity contribution in [2.75, 3.05) is 0 Å². The third-order valence-electron chi connectivity index (χ3n) is 8.70. The van der Waals surface area contributed by atoms with Crippen molar-refractivity contribution < 1.29 is 14.0 Å². The maximum absolute atomic E-state index is 6.74. The van der Waals surface area contributed by atoms with Crippen molar-refractivity contribution in [3.63, 3.8) is 0 Å². The summed E-state index contributed by atoms with van der Waals surface area (Å²) in [5.41, 5.74) is 7.58. The van der Waals surface area contributed by atoms with Crippen LogP contribution in [0.2, 0.25) is 0 Å². The summed E-state index contributed by atoms with van der Waals surface area (Å²) < 4.78 is 19.8. The third kappa shape index (κ3) is 2.64. The molecule has 2 aliphatic heterocycles. The molecular weight excluding hydrogens is 431 g/mol. The van der Waals surface area contributed by atoms with E-state index in [0.29, 0.717) is 0 Å². The minimum Gasteiger partial charge on any atom is -0.457 e. The van der Waals surface area contributed by atoms with Gasteiger partial charge in [-0.3, -0.25) is 0 Å². The van der Waals surface area contributed by atoms with E-state index in [2.05, 4.69) is 107 Å². The van der Waals surface area contributed by atoms with Gasteiger partial charge in [0, 0.05) is 16.6 Å². The van der Waals surface area contributed by atoms with Crippen LogP contribution in [0, 0.1) is 0 Å². The molecule has 0 N–H and O–H groups in total. The van der Waals surface area contributed by atoms with Crippen molar-refractivity contribution in [1.82, 2.24) is 0 Å². The number of para-hydroxylation sites is 2. The molecule has 0 aromatic heterocycles. The molecule has 4 heteroatoms. The molecule has 0 radical (unpaired) electrons. The van der Waals surface area contributed by atoms with Crippen LogP contribution in [0.5, 0.6) is 11.5 Å². The number of hydrogen-bond donors (Lipinski definition) is 0. The van der Waals surface area contributed by atoms with Gasteiger partial charge in [-0.25, -0.2) is 0 Å². The van der Waals surface area contributed by atoms with Gasteiger partial charge in [-0.1, -0.05) is 72.8 Å². The van der Waals surface area contributed by atoms with Crippen LogP contribution in [0.4, 0.5) is 0 Å². The molecule has 7 rings (SSSR count). The van der Waals surface area contributed by atoms with Crippen LogP contribution in [0.15, 0.2) is 84.5 Å². The number of allylic oxidation sites excluding steroid dienone is 4. The number of benzene rings is 3. The number of fused-ring (bicyclic) bond motifs is 8. The molecule has 2 heterocycles. The Labute approximate surface area is 207 Å². The quantitative estimate of drug-likeness (QED) is 0.386. The zero-order valence-corrected chi connectivity index (χ0v) is 20.7.